The highest BCUT2D eigenvalue weighted by molar-refractivity contribution is 5.93. The third kappa shape index (κ3) is 3.01. The second-order valence-electron chi connectivity index (χ2n) is 6.79. The second-order valence-corrected chi connectivity index (χ2v) is 6.79. The van der Waals surface area contributed by atoms with Crippen LogP contribution >= 0.6 is 0 Å². The fourth-order valence-electron chi connectivity index (χ4n) is 3.81. The number of amides is 1. The van der Waals surface area contributed by atoms with E-state index in [4.69, 9.17) is 9.47 Å². The Balaban J connectivity index is 1.66. The highest BCUT2D eigenvalue weighted by atomic mass is 16.5. The normalized spacial score (nSPS) is 16.7. The predicted octanol–water partition coefficient (Wildman–Crippen LogP) is 3.64. The van der Waals surface area contributed by atoms with Gasteiger partial charge in [-0.25, -0.2) is 4.98 Å². The number of nitrogens with zero attached hydrogens (tertiary/aromatic N) is 3. The van der Waals surface area contributed by atoms with Crippen LogP contribution < -0.4 is 9.47 Å². The molecule has 1 fully saturated rings. The lowest BCUT2D eigenvalue weighted by atomic mass is 10.0. The standard InChI is InChI=1S/C21H23N3O3/c1-14-6-4-8-20-22-16(13-24(14)20)21(25)23-11-5-7-17(23)15-9-10-18(26-2)19(12-15)27-3/h4,6,8-10,12-13,17H,5,7,11H2,1-3H3/t17-/m1/s1. The summed E-state index contributed by atoms with van der Waals surface area (Å²) in [4.78, 5) is 19.6. The quantitative estimate of drug-likeness (QED) is 0.708. The first-order chi connectivity index (χ1) is 13.1. The van der Waals surface area contributed by atoms with Crippen LogP contribution in [0.15, 0.2) is 42.6 Å². The number of carbonyl (C=O) groups excluding carboxylic acids is 1. The van der Waals surface area contributed by atoms with E-state index in [1.165, 1.54) is 0 Å². The van der Waals surface area contributed by atoms with E-state index >= 15 is 0 Å². The first-order valence-electron chi connectivity index (χ1n) is 9.10. The van der Waals surface area contributed by atoms with Gasteiger partial charge in [0.25, 0.3) is 5.91 Å². The predicted molar refractivity (Wildman–Crippen MR) is 102 cm³/mol. The lowest BCUT2D eigenvalue weighted by Crippen LogP contribution is -2.30. The molecule has 1 aliphatic heterocycles. The van der Waals surface area contributed by atoms with Crippen LogP contribution in [0.5, 0.6) is 11.5 Å². The van der Waals surface area contributed by atoms with Crippen molar-refractivity contribution in [3.05, 3.63) is 59.5 Å². The van der Waals surface area contributed by atoms with Gasteiger partial charge in [-0.1, -0.05) is 12.1 Å². The fourth-order valence-corrected chi connectivity index (χ4v) is 3.81. The first-order valence-corrected chi connectivity index (χ1v) is 9.10. The van der Waals surface area contributed by atoms with Crippen molar-refractivity contribution >= 4 is 11.6 Å². The van der Waals surface area contributed by atoms with Gasteiger partial charge in [-0.15, -0.1) is 0 Å². The summed E-state index contributed by atoms with van der Waals surface area (Å²) in [7, 11) is 3.24. The molecule has 0 aliphatic carbocycles. The summed E-state index contributed by atoms with van der Waals surface area (Å²) in [6.45, 7) is 2.73. The van der Waals surface area contributed by atoms with Crippen molar-refractivity contribution in [2.24, 2.45) is 0 Å². The summed E-state index contributed by atoms with van der Waals surface area (Å²) in [6, 6.07) is 11.7. The Kier molecular flexibility index (Phi) is 4.48. The third-order valence-electron chi connectivity index (χ3n) is 5.22. The molecule has 1 saturated heterocycles. The number of pyridine rings is 1. The van der Waals surface area contributed by atoms with Crippen molar-refractivity contribution in [2.75, 3.05) is 20.8 Å². The van der Waals surface area contributed by atoms with Gasteiger partial charge in [-0.3, -0.25) is 4.79 Å². The van der Waals surface area contributed by atoms with Crippen molar-refractivity contribution in [1.82, 2.24) is 14.3 Å². The molecular weight excluding hydrogens is 342 g/mol. The zero-order chi connectivity index (χ0) is 19.0. The van der Waals surface area contributed by atoms with Gasteiger partial charge in [0.1, 0.15) is 11.3 Å². The lowest BCUT2D eigenvalue weighted by Gasteiger charge is -2.25. The zero-order valence-electron chi connectivity index (χ0n) is 15.8. The maximum absolute atomic E-state index is 13.2. The van der Waals surface area contributed by atoms with Crippen LogP contribution in [-0.2, 0) is 0 Å². The molecular formula is C21H23N3O3. The van der Waals surface area contributed by atoms with Crippen LogP contribution in [0, 0.1) is 6.92 Å². The molecule has 3 aromatic rings. The highest BCUT2D eigenvalue weighted by Gasteiger charge is 2.32. The lowest BCUT2D eigenvalue weighted by molar-refractivity contribution is 0.0730. The molecule has 140 valence electrons. The monoisotopic (exact) mass is 365 g/mol. The average Bonchev–Trinajstić information content (AvgIpc) is 3.34. The number of aryl methyl sites for hydroxylation is 1. The van der Waals surface area contributed by atoms with Crippen LogP contribution in [0.25, 0.3) is 5.65 Å². The number of hydrogen-bond acceptors (Lipinski definition) is 4. The molecule has 0 spiro atoms. The molecule has 0 radical (unpaired) electrons. The molecule has 0 N–H and O–H groups in total. The van der Waals surface area contributed by atoms with E-state index in [1.807, 2.05) is 58.8 Å². The number of aromatic nitrogens is 2. The van der Waals surface area contributed by atoms with Crippen LogP contribution in [0.2, 0.25) is 0 Å². The van der Waals surface area contributed by atoms with E-state index in [0.717, 1.165) is 36.3 Å². The number of carbonyl (C=O) groups is 1. The number of likely N-dealkylation sites (tertiary alicyclic amines) is 1. The molecule has 27 heavy (non-hydrogen) atoms. The first kappa shape index (κ1) is 17.4. The van der Waals surface area contributed by atoms with E-state index in [9.17, 15) is 4.79 Å². The topological polar surface area (TPSA) is 56.1 Å². The summed E-state index contributed by atoms with van der Waals surface area (Å²) >= 11 is 0. The Morgan fingerprint density at radius 1 is 1.15 bits per heavy atom. The number of imidazole rings is 1. The second kappa shape index (κ2) is 6.95. The van der Waals surface area contributed by atoms with Gasteiger partial charge in [0, 0.05) is 18.4 Å². The molecule has 0 saturated carbocycles. The van der Waals surface area contributed by atoms with Crippen molar-refractivity contribution in [2.45, 2.75) is 25.8 Å². The van der Waals surface area contributed by atoms with E-state index in [0.29, 0.717) is 17.2 Å². The summed E-state index contributed by atoms with van der Waals surface area (Å²) in [5, 5.41) is 0. The van der Waals surface area contributed by atoms with Crippen LogP contribution in [0.3, 0.4) is 0 Å². The fraction of sp³-hybridized carbons (Fsp3) is 0.333. The van der Waals surface area contributed by atoms with Crippen molar-refractivity contribution in [3.63, 3.8) is 0 Å². The minimum atomic E-state index is -0.0321. The van der Waals surface area contributed by atoms with Crippen molar-refractivity contribution < 1.29 is 14.3 Å². The van der Waals surface area contributed by atoms with Gasteiger partial charge in [0.05, 0.1) is 20.3 Å². The molecule has 6 nitrogen and oxygen atoms in total. The van der Waals surface area contributed by atoms with Gasteiger partial charge >= 0.3 is 0 Å². The molecule has 1 atom stereocenters. The van der Waals surface area contributed by atoms with Gasteiger partial charge < -0.3 is 18.8 Å². The van der Waals surface area contributed by atoms with E-state index in [2.05, 4.69) is 4.98 Å². The molecule has 1 amide bonds. The van der Waals surface area contributed by atoms with Crippen molar-refractivity contribution in [3.8, 4) is 11.5 Å². The van der Waals surface area contributed by atoms with Crippen molar-refractivity contribution in [1.29, 1.82) is 0 Å². The number of rotatable bonds is 4. The largest absolute Gasteiger partial charge is 0.493 e. The van der Waals surface area contributed by atoms with Gasteiger partial charge in [0.2, 0.25) is 0 Å². The number of methoxy groups -OCH3 is 2. The van der Waals surface area contributed by atoms with E-state index < -0.39 is 0 Å². The minimum Gasteiger partial charge on any atom is -0.493 e. The maximum Gasteiger partial charge on any atom is 0.274 e. The Bertz CT molecular complexity index is 996. The van der Waals surface area contributed by atoms with Gasteiger partial charge in [-0.2, -0.15) is 0 Å². The smallest absolute Gasteiger partial charge is 0.274 e. The molecule has 0 bridgehead atoms. The number of fused-ring (bicyclic) bond motifs is 1. The molecule has 6 heteroatoms. The highest BCUT2D eigenvalue weighted by Crippen LogP contribution is 2.37. The summed E-state index contributed by atoms with van der Waals surface area (Å²) in [6.07, 6.45) is 3.72. The Labute approximate surface area is 158 Å². The van der Waals surface area contributed by atoms with Gasteiger partial charge in [-0.05, 0) is 49.6 Å². The van der Waals surface area contributed by atoms with E-state index in [1.54, 1.807) is 14.2 Å². The number of benzene rings is 1. The average molecular weight is 365 g/mol. The Morgan fingerprint density at radius 2 is 1.96 bits per heavy atom. The maximum atomic E-state index is 13.2. The minimum absolute atomic E-state index is 0.0169. The SMILES string of the molecule is COc1ccc([C@H]2CCCN2C(=O)c2cn3c(C)cccc3n2)cc1OC. The number of hydrogen-bond donors (Lipinski definition) is 0. The zero-order valence-corrected chi connectivity index (χ0v) is 15.8. The van der Waals surface area contributed by atoms with E-state index in [-0.39, 0.29) is 11.9 Å². The molecule has 3 heterocycles. The molecule has 0 unspecified atom stereocenters. The molecule has 2 aromatic heterocycles. The van der Waals surface area contributed by atoms with Crippen LogP contribution in [0.4, 0.5) is 0 Å². The summed E-state index contributed by atoms with van der Waals surface area (Å²) < 4.78 is 12.7. The molecule has 4 rings (SSSR count). The van der Waals surface area contributed by atoms with Crippen LogP contribution in [0.1, 0.15) is 40.6 Å². The molecule has 1 aromatic carbocycles. The third-order valence-corrected chi connectivity index (χ3v) is 5.22. The summed E-state index contributed by atoms with van der Waals surface area (Å²) in [5.41, 5.74) is 3.38. The number of ether oxygens (including phenoxy) is 2. The Hall–Kier alpha value is -3.02. The molecule has 1 aliphatic rings. The Morgan fingerprint density at radius 3 is 2.70 bits per heavy atom. The summed E-state index contributed by atoms with van der Waals surface area (Å²) in [5.74, 6) is 1.33. The van der Waals surface area contributed by atoms with Crippen LogP contribution in [-0.4, -0.2) is 41.0 Å². The van der Waals surface area contributed by atoms with Gasteiger partial charge in [0.15, 0.2) is 11.5 Å².